The van der Waals surface area contributed by atoms with Crippen LogP contribution in [0.3, 0.4) is 0 Å². The van der Waals surface area contributed by atoms with Gasteiger partial charge in [-0.3, -0.25) is 0 Å². The lowest BCUT2D eigenvalue weighted by Crippen LogP contribution is -2.57. The van der Waals surface area contributed by atoms with E-state index in [1.807, 2.05) is 6.07 Å². The highest BCUT2D eigenvalue weighted by atomic mass is 19.4. The molecule has 2 heterocycles. The highest BCUT2D eigenvalue weighted by molar-refractivity contribution is 5.89. The molecular weight excluding hydrogens is 323 g/mol. The second-order valence-corrected chi connectivity index (χ2v) is 5.30. The van der Waals surface area contributed by atoms with Crippen molar-refractivity contribution in [2.24, 2.45) is 0 Å². The van der Waals surface area contributed by atoms with Gasteiger partial charge in [0.25, 0.3) is 0 Å². The molecule has 3 rings (SSSR count). The van der Waals surface area contributed by atoms with Gasteiger partial charge in [0.15, 0.2) is 0 Å². The Hall–Kier alpha value is -2.77. The van der Waals surface area contributed by atoms with Crippen LogP contribution in [0.2, 0.25) is 0 Å². The fourth-order valence-electron chi connectivity index (χ4n) is 2.21. The Balaban J connectivity index is 1.51. The Bertz CT molecular complexity index is 716. The number of halogens is 3. The van der Waals surface area contributed by atoms with Crippen molar-refractivity contribution in [1.82, 2.24) is 9.88 Å². The van der Waals surface area contributed by atoms with Crippen molar-refractivity contribution >= 4 is 11.7 Å². The van der Waals surface area contributed by atoms with E-state index < -0.39 is 11.9 Å². The molecule has 0 radical (unpaired) electrons. The minimum Gasteiger partial charge on any atom is -0.471 e. The van der Waals surface area contributed by atoms with Gasteiger partial charge in [0.1, 0.15) is 11.8 Å². The lowest BCUT2D eigenvalue weighted by Gasteiger charge is -2.38. The van der Waals surface area contributed by atoms with Crippen molar-refractivity contribution in [3.05, 3.63) is 54.2 Å². The molecule has 0 bridgehead atoms. The van der Waals surface area contributed by atoms with E-state index in [1.54, 1.807) is 24.3 Å². The molecule has 1 aliphatic rings. The van der Waals surface area contributed by atoms with Crippen molar-refractivity contribution < 1.29 is 22.7 Å². The zero-order chi connectivity index (χ0) is 17.2. The number of hydrogen-bond donors (Lipinski definition) is 1. The summed E-state index contributed by atoms with van der Waals surface area (Å²) in [7, 11) is 0. The van der Waals surface area contributed by atoms with Gasteiger partial charge in [0.05, 0.1) is 13.1 Å². The third-order valence-electron chi connectivity index (χ3n) is 3.46. The van der Waals surface area contributed by atoms with Crippen LogP contribution in [0.5, 0.6) is 5.88 Å². The van der Waals surface area contributed by atoms with Crippen LogP contribution in [-0.2, 0) is 6.18 Å². The molecule has 0 saturated carbocycles. The van der Waals surface area contributed by atoms with Gasteiger partial charge < -0.3 is 15.0 Å². The standard InChI is InChI=1S/C16H14F3N3O2/c17-16(18,19)13-7-4-8-14(21-13)24-12-9-22(10-12)15(23)20-11-5-2-1-3-6-11/h1-8,12H,9-10H2,(H,20,23). The summed E-state index contributed by atoms with van der Waals surface area (Å²) in [6, 6.07) is 12.2. The number of alkyl halides is 3. The summed E-state index contributed by atoms with van der Waals surface area (Å²) in [5.41, 5.74) is -0.329. The molecule has 126 valence electrons. The Morgan fingerprint density at radius 1 is 1.12 bits per heavy atom. The number of ether oxygens (including phenoxy) is 1. The number of carbonyl (C=O) groups excluding carboxylic acids is 1. The normalized spacial score (nSPS) is 14.9. The third kappa shape index (κ3) is 3.76. The fraction of sp³-hybridized carbons (Fsp3) is 0.250. The van der Waals surface area contributed by atoms with Crippen LogP contribution in [0.15, 0.2) is 48.5 Å². The van der Waals surface area contributed by atoms with Gasteiger partial charge in [-0.1, -0.05) is 24.3 Å². The van der Waals surface area contributed by atoms with Crippen molar-refractivity contribution in [1.29, 1.82) is 0 Å². The minimum absolute atomic E-state index is 0.0991. The quantitative estimate of drug-likeness (QED) is 0.934. The van der Waals surface area contributed by atoms with E-state index in [4.69, 9.17) is 4.74 Å². The van der Waals surface area contributed by atoms with E-state index in [1.165, 1.54) is 17.0 Å². The number of para-hydroxylation sites is 1. The van der Waals surface area contributed by atoms with Gasteiger partial charge in [0, 0.05) is 11.8 Å². The van der Waals surface area contributed by atoms with E-state index in [-0.39, 0.29) is 31.1 Å². The summed E-state index contributed by atoms with van der Waals surface area (Å²) in [6.45, 7) is 0.577. The first kappa shape index (κ1) is 16.1. The molecule has 1 aliphatic heterocycles. The average molecular weight is 337 g/mol. The van der Waals surface area contributed by atoms with E-state index in [0.29, 0.717) is 5.69 Å². The average Bonchev–Trinajstić information content (AvgIpc) is 2.51. The molecule has 5 nitrogen and oxygen atoms in total. The number of amides is 2. The number of carbonyl (C=O) groups is 1. The fourth-order valence-corrected chi connectivity index (χ4v) is 2.21. The van der Waals surface area contributed by atoms with Crippen LogP contribution >= 0.6 is 0 Å². The number of aromatic nitrogens is 1. The van der Waals surface area contributed by atoms with Gasteiger partial charge in [-0.15, -0.1) is 0 Å². The number of nitrogens with one attached hydrogen (secondary N) is 1. The Morgan fingerprint density at radius 3 is 2.50 bits per heavy atom. The lowest BCUT2D eigenvalue weighted by atomic mass is 10.2. The zero-order valence-electron chi connectivity index (χ0n) is 12.5. The zero-order valence-corrected chi connectivity index (χ0v) is 12.5. The van der Waals surface area contributed by atoms with Gasteiger partial charge in [-0.05, 0) is 18.2 Å². The molecule has 0 spiro atoms. The molecule has 0 unspecified atom stereocenters. The maximum Gasteiger partial charge on any atom is 0.433 e. The smallest absolute Gasteiger partial charge is 0.433 e. The molecule has 1 N–H and O–H groups in total. The number of rotatable bonds is 3. The number of anilines is 1. The number of pyridine rings is 1. The molecular formula is C16H14F3N3O2. The molecule has 2 aromatic rings. The van der Waals surface area contributed by atoms with Crippen LogP contribution in [0.4, 0.5) is 23.7 Å². The highest BCUT2D eigenvalue weighted by Crippen LogP contribution is 2.29. The van der Waals surface area contributed by atoms with E-state index in [0.717, 1.165) is 6.07 Å². The van der Waals surface area contributed by atoms with Crippen LogP contribution in [0.25, 0.3) is 0 Å². The van der Waals surface area contributed by atoms with E-state index in [9.17, 15) is 18.0 Å². The number of benzene rings is 1. The molecule has 1 saturated heterocycles. The SMILES string of the molecule is O=C(Nc1ccccc1)N1CC(Oc2cccc(C(F)(F)F)n2)C1. The summed E-state index contributed by atoms with van der Waals surface area (Å²) in [5.74, 6) is -0.0991. The first-order chi connectivity index (χ1) is 11.4. The minimum atomic E-state index is -4.51. The van der Waals surface area contributed by atoms with Crippen molar-refractivity contribution in [3.63, 3.8) is 0 Å². The van der Waals surface area contributed by atoms with Gasteiger partial charge in [-0.2, -0.15) is 13.2 Å². The molecule has 2 amide bonds. The predicted octanol–water partition coefficient (Wildman–Crippen LogP) is 3.40. The Labute approximate surface area is 136 Å². The van der Waals surface area contributed by atoms with Crippen molar-refractivity contribution in [2.45, 2.75) is 12.3 Å². The van der Waals surface area contributed by atoms with E-state index in [2.05, 4.69) is 10.3 Å². The summed E-state index contributed by atoms with van der Waals surface area (Å²) in [6.07, 6.45) is -4.89. The monoisotopic (exact) mass is 337 g/mol. The summed E-state index contributed by atoms with van der Waals surface area (Å²) in [4.78, 5) is 16.9. The second kappa shape index (κ2) is 6.38. The molecule has 0 atom stereocenters. The molecule has 24 heavy (non-hydrogen) atoms. The predicted molar refractivity (Wildman–Crippen MR) is 80.7 cm³/mol. The molecule has 1 aromatic heterocycles. The van der Waals surface area contributed by atoms with Crippen molar-refractivity contribution in [2.75, 3.05) is 18.4 Å². The van der Waals surface area contributed by atoms with E-state index >= 15 is 0 Å². The maximum atomic E-state index is 12.6. The Morgan fingerprint density at radius 2 is 1.83 bits per heavy atom. The van der Waals surface area contributed by atoms with Gasteiger partial charge in [-0.25, -0.2) is 9.78 Å². The largest absolute Gasteiger partial charge is 0.471 e. The van der Waals surface area contributed by atoms with Crippen LogP contribution in [0.1, 0.15) is 5.69 Å². The summed E-state index contributed by atoms with van der Waals surface area (Å²) >= 11 is 0. The lowest BCUT2D eigenvalue weighted by molar-refractivity contribution is -0.141. The maximum absolute atomic E-state index is 12.6. The number of hydrogen-bond acceptors (Lipinski definition) is 3. The molecule has 0 aliphatic carbocycles. The van der Waals surface area contributed by atoms with Gasteiger partial charge >= 0.3 is 12.2 Å². The molecule has 8 heteroatoms. The first-order valence-corrected chi connectivity index (χ1v) is 7.24. The number of likely N-dealkylation sites (tertiary alicyclic amines) is 1. The van der Waals surface area contributed by atoms with Crippen LogP contribution < -0.4 is 10.1 Å². The van der Waals surface area contributed by atoms with Crippen LogP contribution in [-0.4, -0.2) is 35.1 Å². The number of urea groups is 1. The summed E-state index contributed by atoms with van der Waals surface area (Å²) < 4.78 is 43.2. The third-order valence-corrected chi connectivity index (χ3v) is 3.46. The second-order valence-electron chi connectivity index (χ2n) is 5.30. The molecule has 1 aromatic carbocycles. The van der Waals surface area contributed by atoms with Crippen molar-refractivity contribution in [3.8, 4) is 5.88 Å². The first-order valence-electron chi connectivity index (χ1n) is 7.24. The van der Waals surface area contributed by atoms with Crippen LogP contribution in [0, 0.1) is 0 Å². The van der Waals surface area contributed by atoms with Gasteiger partial charge in [0.2, 0.25) is 5.88 Å². The highest BCUT2D eigenvalue weighted by Gasteiger charge is 2.35. The number of nitrogens with zero attached hydrogens (tertiary/aromatic N) is 2. The Kier molecular flexibility index (Phi) is 4.28. The molecule has 1 fully saturated rings. The summed E-state index contributed by atoms with van der Waals surface area (Å²) in [5, 5.41) is 2.72. The topological polar surface area (TPSA) is 54.5 Å².